The van der Waals surface area contributed by atoms with Gasteiger partial charge in [-0.05, 0) is 87.8 Å². The number of phosphoric ester groups is 1. The van der Waals surface area contributed by atoms with Crippen LogP contribution in [0.1, 0.15) is 121 Å². The maximum Gasteiger partial charge on any atom is 1.00 e. The number of fused-ring (bicyclic) bond motifs is 1. The van der Waals surface area contributed by atoms with Crippen LogP contribution in [-0.4, -0.2) is 5.60 Å². The van der Waals surface area contributed by atoms with Crippen molar-refractivity contribution in [3.05, 3.63) is 22.3 Å². The zero-order chi connectivity index (χ0) is 26.4. The topological polar surface area (TPSA) is 81.7 Å². The molecule has 3 unspecified atom stereocenters. The second kappa shape index (κ2) is 18.0. The Kier molecular flexibility index (Phi) is 19.1. The van der Waals surface area contributed by atoms with Gasteiger partial charge in [0.15, 0.2) is 0 Å². The van der Waals surface area contributed by atoms with Crippen molar-refractivity contribution in [3.63, 3.8) is 0 Å². The molecule has 0 spiro atoms. The fourth-order valence-electron chi connectivity index (χ4n) is 5.51. The molecule has 0 aliphatic carbocycles. The molecule has 8 heteroatoms. The molecule has 1 aliphatic heterocycles. The summed E-state index contributed by atoms with van der Waals surface area (Å²) in [5.41, 5.74) is 2.95. The molecular weight excluding hydrogens is 537 g/mol. The van der Waals surface area contributed by atoms with Crippen molar-refractivity contribution >= 4 is 7.82 Å². The number of benzene rings is 1. The summed E-state index contributed by atoms with van der Waals surface area (Å²) in [6, 6.07) is 0. The molecule has 202 valence electrons. The van der Waals surface area contributed by atoms with Crippen LogP contribution in [0.5, 0.6) is 11.5 Å². The first-order valence-electron chi connectivity index (χ1n) is 13.8. The van der Waals surface area contributed by atoms with Crippen molar-refractivity contribution in [2.45, 2.75) is 132 Å². The van der Waals surface area contributed by atoms with Crippen molar-refractivity contribution < 1.29 is 126 Å². The molecule has 1 aliphatic rings. The van der Waals surface area contributed by atoms with Crippen LogP contribution in [0.4, 0.5) is 0 Å². The van der Waals surface area contributed by atoms with Crippen molar-refractivity contribution in [2.75, 3.05) is 0 Å². The van der Waals surface area contributed by atoms with Gasteiger partial charge in [0.2, 0.25) is 0 Å². The summed E-state index contributed by atoms with van der Waals surface area (Å²) in [6.07, 6.45) is 13.1. The van der Waals surface area contributed by atoms with E-state index in [0.29, 0.717) is 11.1 Å². The minimum atomic E-state index is -5.11. The van der Waals surface area contributed by atoms with E-state index in [4.69, 9.17) is 9.26 Å². The second-order valence-electron chi connectivity index (χ2n) is 12.0. The summed E-state index contributed by atoms with van der Waals surface area (Å²) in [4.78, 5) is 22.5. The Hall–Kier alpha value is 2.24. The molecule has 5 nitrogen and oxygen atoms in total. The number of phosphoric acid groups is 1. The Morgan fingerprint density at radius 3 is 1.89 bits per heavy atom. The van der Waals surface area contributed by atoms with E-state index in [0.717, 1.165) is 60.3 Å². The largest absolute Gasteiger partial charge is 1.00 e. The predicted octanol–water partition coefficient (Wildman–Crippen LogP) is 1.35. The zero-order valence-corrected chi connectivity index (χ0v) is 32.6. The maximum atomic E-state index is 11.2. The second-order valence-corrected chi connectivity index (χ2v) is 13.0. The average molecular weight is 587 g/mol. The van der Waals surface area contributed by atoms with Gasteiger partial charge in [0.05, 0.1) is 0 Å². The molecule has 0 amide bonds. The minimum absolute atomic E-state index is 0. The molecule has 0 aromatic heterocycles. The molecule has 1 heterocycles. The van der Waals surface area contributed by atoms with Crippen LogP contribution in [0.15, 0.2) is 0 Å². The van der Waals surface area contributed by atoms with Gasteiger partial charge in [0, 0.05) is 5.56 Å². The summed E-state index contributed by atoms with van der Waals surface area (Å²) in [5, 5.41) is 0. The molecule has 1 aromatic rings. The fourth-order valence-corrected chi connectivity index (χ4v) is 6.01. The first-order valence-corrected chi connectivity index (χ1v) is 15.2. The van der Waals surface area contributed by atoms with Gasteiger partial charge in [-0.15, -0.1) is 0 Å². The van der Waals surface area contributed by atoms with Crippen LogP contribution in [0.2, 0.25) is 0 Å². The van der Waals surface area contributed by atoms with Crippen molar-refractivity contribution in [3.8, 4) is 11.5 Å². The maximum absolute atomic E-state index is 11.2. The SMILES string of the molecule is Cc1c(C)c2c(c(C)c1OP(=O)([O-])[O-])CCC(C)(CCCC(C)CCCC(C)CCCC(C)C)O2.[K+].[K+]. The van der Waals surface area contributed by atoms with Crippen LogP contribution in [0.3, 0.4) is 0 Å². The Balaban J connectivity index is 0.00000648. The van der Waals surface area contributed by atoms with Crippen LogP contribution >= 0.6 is 7.82 Å². The summed E-state index contributed by atoms with van der Waals surface area (Å²) in [7, 11) is -5.11. The van der Waals surface area contributed by atoms with Crippen LogP contribution in [-0.2, 0) is 11.0 Å². The van der Waals surface area contributed by atoms with Gasteiger partial charge >= 0.3 is 103 Å². The minimum Gasteiger partial charge on any atom is -0.780 e. The molecule has 0 N–H and O–H groups in total. The van der Waals surface area contributed by atoms with Gasteiger partial charge in [-0.25, -0.2) is 0 Å². The van der Waals surface area contributed by atoms with Crippen LogP contribution < -0.4 is 122 Å². The zero-order valence-electron chi connectivity index (χ0n) is 25.5. The smallest absolute Gasteiger partial charge is 0.780 e. The number of ether oxygens (including phenoxy) is 1. The molecule has 3 atom stereocenters. The van der Waals surface area contributed by atoms with Gasteiger partial charge in [0.25, 0.3) is 0 Å². The molecule has 0 radical (unpaired) electrons. The van der Waals surface area contributed by atoms with Crippen molar-refractivity contribution in [2.24, 2.45) is 17.8 Å². The fraction of sp³-hybridized carbons (Fsp3) is 0.793. The Morgan fingerprint density at radius 1 is 0.865 bits per heavy atom. The normalized spacial score (nSPS) is 18.8. The first kappa shape index (κ1) is 39.2. The first-order chi connectivity index (χ1) is 16.2. The quantitative estimate of drug-likeness (QED) is 0.243. The Morgan fingerprint density at radius 2 is 1.38 bits per heavy atom. The van der Waals surface area contributed by atoms with E-state index in [9.17, 15) is 14.4 Å². The summed E-state index contributed by atoms with van der Waals surface area (Å²) in [5.74, 6) is 3.40. The third-order valence-corrected chi connectivity index (χ3v) is 8.45. The summed E-state index contributed by atoms with van der Waals surface area (Å²) >= 11 is 0. The third-order valence-electron chi connectivity index (χ3n) is 8.04. The van der Waals surface area contributed by atoms with Gasteiger partial charge < -0.3 is 23.6 Å². The molecule has 0 fully saturated rings. The Labute approximate surface area is 312 Å². The standard InChI is InChI=1S/C29H51O5P.2K/c1-20(2)12-9-13-21(3)14-10-15-22(4)16-11-18-29(8)19-17-26-25(7)27(34-35(30,31)32)23(5)24(6)28(26)33-29;;/h20-22H,9-19H2,1-8H3,(H2,30,31,32);;/q;2*+1/p-2. The monoisotopic (exact) mass is 586 g/mol. The van der Waals surface area contributed by atoms with E-state index >= 15 is 0 Å². The molecule has 1 aromatic carbocycles. The Bertz CT molecular complexity index is 886. The van der Waals surface area contributed by atoms with E-state index in [1.54, 1.807) is 6.92 Å². The van der Waals surface area contributed by atoms with Gasteiger partial charge in [0.1, 0.15) is 24.9 Å². The van der Waals surface area contributed by atoms with E-state index in [2.05, 4.69) is 34.6 Å². The number of rotatable bonds is 14. The van der Waals surface area contributed by atoms with Crippen LogP contribution in [0, 0.1) is 38.5 Å². The van der Waals surface area contributed by atoms with E-state index in [1.165, 1.54) is 44.9 Å². The van der Waals surface area contributed by atoms with Gasteiger partial charge in [-0.2, -0.15) is 0 Å². The van der Waals surface area contributed by atoms with E-state index in [-0.39, 0.29) is 114 Å². The van der Waals surface area contributed by atoms with Gasteiger partial charge in [-0.1, -0.05) is 72.6 Å². The molecule has 37 heavy (non-hydrogen) atoms. The van der Waals surface area contributed by atoms with Crippen LogP contribution in [0.25, 0.3) is 0 Å². The molecule has 2 rings (SSSR count). The molecule has 0 saturated carbocycles. The van der Waals surface area contributed by atoms with E-state index in [1.807, 2.05) is 13.8 Å². The molecule has 0 bridgehead atoms. The average Bonchev–Trinajstić information content (AvgIpc) is 2.74. The molecule has 0 saturated heterocycles. The molecular formula is C29H49K2O5P. The number of hydrogen-bond donors (Lipinski definition) is 0. The number of hydrogen-bond acceptors (Lipinski definition) is 5. The van der Waals surface area contributed by atoms with Crippen molar-refractivity contribution in [1.29, 1.82) is 0 Å². The van der Waals surface area contributed by atoms with E-state index < -0.39 is 7.82 Å². The summed E-state index contributed by atoms with van der Waals surface area (Å²) < 4.78 is 22.6. The third kappa shape index (κ3) is 13.4. The predicted molar refractivity (Wildman–Crippen MR) is 141 cm³/mol. The van der Waals surface area contributed by atoms with Gasteiger partial charge in [-0.3, -0.25) is 0 Å². The summed E-state index contributed by atoms with van der Waals surface area (Å²) in [6.45, 7) is 17.1. The van der Waals surface area contributed by atoms with Crippen molar-refractivity contribution in [1.82, 2.24) is 0 Å².